The van der Waals surface area contributed by atoms with Crippen LogP contribution in [0.5, 0.6) is 5.75 Å². The predicted octanol–water partition coefficient (Wildman–Crippen LogP) is 3.97. The zero-order chi connectivity index (χ0) is 21.0. The normalized spacial score (nSPS) is 14.4. The molecule has 1 heterocycles. The van der Waals surface area contributed by atoms with Crippen LogP contribution in [0.2, 0.25) is 0 Å². The highest BCUT2D eigenvalue weighted by Crippen LogP contribution is 2.36. The number of ether oxygens (including phenoxy) is 2. The fraction of sp³-hybridized carbons (Fsp3) is 0.381. The second kappa shape index (κ2) is 8.84. The molecule has 0 saturated heterocycles. The number of methoxy groups -OCH3 is 2. The fourth-order valence-electron chi connectivity index (χ4n) is 3.38. The number of nitrogens with zero attached hydrogens (tertiary/aromatic N) is 1. The number of amides is 1. The summed E-state index contributed by atoms with van der Waals surface area (Å²) >= 11 is 0. The highest BCUT2D eigenvalue weighted by Gasteiger charge is 2.35. The van der Waals surface area contributed by atoms with E-state index in [9.17, 15) is 18.0 Å². The lowest BCUT2D eigenvalue weighted by Crippen LogP contribution is -2.33. The second-order valence-electron chi connectivity index (χ2n) is 6.87. The van der Waals surface area contributed by atoms with E-state index in [0.29, 0.717) is 12.3 Å². The lowest BCUT2D eigenvalue weighted by molar-refractivity contribution is -0.138. The summed E-state index contributed by atoms with van der Waals surface area (Å²) in [5.74, 6) is -0.927. The van der Waals surface area contributed by atoms with Crippen molar-refractivity contribution in [3.63, 3.8) is 0 Å². The number of halogens is 3. The zero-order valence-corrected chi connectivity index (χ0v) is 16.3. The Bertz CT molecular complexity index is 884. The van der Waals surface area contributed by atoms with Gasteiger partial charge in [-0.3, -0.25) is 9.69 Å². The van der Waals surface area contributed by atoms with E-state index in [0.717, 1.165) is 50.9 Å². The molecule has 0 aliphatic carbocycles. The number of nitrogens with one attached hydrogen (secondary N) is 1. The minimum Gasteiger partial charge on any atom is -0.496 e. The van der Waals surface area contributed by atoms with Gasteiger partial charge in [-0.25, -0.2) is 0 Å². The Hall–Kier alpha value is -2.58. The molecule has 2 aromatic carbocycles. The quantitative estimate of drug-likeness (QED) is 0.786. The lowest BCUT2D eigenvalue weighted by Gasteiger charge is -2.28. The molecule has 1 N–H and O–H groups in total. The molecule has 2 aromatic rings. The van der Waals surface area contributed by atoms with Crippen LogP contribution in [0, 0.1) is 0 Å². The molecule has 0 unspecified atom stereocenters. The van der Waals surface area contributed by atoms with Crippen molar-refractivity contribution >= 4 is 11.6 Å². The molecule has 0 aromatic heterocycles. The van der Waals surface area contributed by atoms with Crippen LogP contribution >= 0.6 is 0 Å². The third-order valence-electron chi connectivity index (χ3n) is 4.93. The third kappa shape index (κ3) is 5.07. The summed E-state index contributed by atoms with van der Waals surface area (Å²) in [6.07, 6.45) is -3.71. The molecule has 5 nitrogen and oxygen atoms in total. The maximum absolute atomic E-state index is 13.2. The summed E-state index contributed by atoms with van der Waals surface area (Å²) < 4.78 is 49.5. The Morgan fingerprint density at radius 3 is 2.62 bits per heavy atom. The molecule has 3 rings (SSSR count). The van der Waals surface area contributed by atoms with Crippen molar-refractivity contribution < 1.29 is 27.4 Å². The molecule has 8 heteroatoms. The van der Waals surface area contributed by atoms with Crippen molar-refractivity contribution in [2.75, 3.05) is 39.2 Å². The number of benzene rings is 2. The number of hydrogen-bond donors (Lipinski definition) is 1. The number of fused-ring (bicyclic) bond motifs is 1. The largest absolute Gasteiger partial charge is 0.496 e. The highest BCUT2D eigenvalue weighted by atomic mass is 19.4. The van der Waals surface area contributed by atoms with Gasteiger partial charge in [-0.2, -0.15) is 13.2 Å². The summed E-state index contributed by atoms with van der Waals surface area (Å²) in [6.45, 7) is 3.14. The van der Waals surface area contributed by atoms with Crippen LogP contribution in [0.15, 0.2) is 36.4 Å². The lowest BCUT2D eigenvalue weighted by atomic mass is 9.99. The molecule has 0 saturated carbocycles. The summed E-state index contributed by atoms with van der Waals surface area (Å²) in [4.78, 5) is 14.8. The molecule has 0 atom stereocenters. The maximum Gasteiger partial charge on any atom is 0.419 e. The molecule has 0 radical (unpaired) electrons. The SMILES string of the molecule is COCCN1CCc2ccc(NC(=O)c3ccc(OC)c(C(F)(F)F)c3)cc2C1. The molecule has 156 valence electrons. The van der Waals surface area contributed by atoms with Crippen molar-refractivity contribution in [1.29, 1.82) is 0 Å². The zero-order valence-electron chi connectivity index (χ0n) is 16.3. The first-order valence-corrected chi connectivity index (χ1v) is 9.21. The average molecular weight is 408 g/mol. The van der Waals surface area contributed by atoms with Crippen molar-refractivity contribution in [3.05, 3.63) is 58.7 Å². The van der Waals surface area contributed by atoms with Gasteiger partial charge < -0.3 is 14.8 Å². The Morgan fingerprint density at radius 2 is 1.93 bits per heavy atom. The number of anilines is 1. The van der Waals surface area contributed by atoms with E-state index >= 15 is 0 Å². The molecule has 1 aliphatic heterocycles. The van der Waals surface area contributed by atoms with E-state index in [4.69, 9.17) is 9.47 Å². The van der Waals surface area contributed by atoms with E-state index in [1.54, 1.807) is 13.2 Å². The number of hydrogen-bond acceptors (Lipinski definition) is 4. The Labute approximate surface area is 167 Å². The average Bonchev–Trinajstić information content (AvgIpc) is 2.70. The van der Waals surface area contributed by atoms with Crippen LogP contribution in [0.25, 0.3) is 0 Å². The maximum atomic E-state index is 13.2. The Balaban J connectivity index is 1.76. The van der Waals surface area contributed by atoms with Gasteiger partial charge in [-0.15, -0.1) is 0 Å². The summed E-state index contributed by atoms with van der Waals surface area (Å²) in [5, 5.41) is 2.69. The van der Waals surface area contributed by atoms with Gasteiger partial charge in [0, 0.05) is 38.0 Å². The first-order valence-electron chi connectivity index (χ1n) is 9.21. The van der Waals surface area contributed by atoms with E-state index in [2.05, 4.69) is 10.2 Å². The van der Waals surface area contributed by atoms with Crippen molar-refractivity contribution in [2.45, 2.75) is 19.1 Å². The highest BCUT2D eigenvalue weighted by molar-refractivity contribution is 6.04. The van der Waals surface area contributed by atoms with E-state index in [-0.39, 0.29) is 11.3 Å². The number of alkyl halides is 3. The Kier molecular flexibility index (Phi) is 6.44. The standard InChI is InChI=1S/C21H23F3N2O3/c1-28-10-9-26-8-7-14-3-5-17(11-16(14)13-26)25-20(27)15-4-6-19(29-2)18(12-15)21(22,23)24/h3-6,11-12H,7-10,13H2,1-2H3,(H,25,27). The predicted molar refractivity (Wildman–Crippen MR) is 103 cm³/mol. The van der Waals surface area contributed by atoms with Gasteiger partial charge >= 0.3 is 6.18 Å². The van der Waals surface area contributed by atoms with Crippen LogP contribution in [0.3, 0.4) is 0 Å². The van der Waals surface area contributed by atoms with E-state index in [1.807, 2.05) is 12.1 Å². The van der Waals surface area contributed by atoms with Gasteiger partial charge in [0.1, 0.15) is 5.75 Å². The summed E-state index contributed by atoms with van der Waals surface area (Å²) in [5.41, 5.74) is 1.78. The molecule has 0 fully saturated rings. The van der Waals surface area contributed by atoms with E-state index in [1.165, 1.54) is 11.6 Å². The minimum absolute atomic E-state index is 0.0856. The van der Waals surface area contributed by atoms with Crippen LogP contribution in [0.1, 0.15) is 27.0 Å². The topological polar surface area (TPSA) is 50.8 Å². The first-order chi connectivity index (χ1) is 13.8. The fourth-order valence-corrected chi connectivity index (χ4v) is 3.38. The Morgan fingerprint density at radius 1 is 1.14 bits per heavy atom. The summed E-state index contributed by atoms with van der Waals surface area (Å²) in [7, 11) is 2.82. The monoisotopic (exact) mass is 408 g/mol. The molecular weight excluding hydrogens is 385 g/mol. The van der Waals surface area contributed by atoms with Gasteiger partial charge in [0.05, 0.1) is 19.3 Å². The van der Waals surface area contributed by atoms with Gasteiger partial charge in [0.15, 0.2) is 0 Å². The number of carbonyl (C=O) groups is 1. The van der Waals surface area contributed by atoms with Gasteiger partial charge in [-0.05, 0) is 47.9 Å². The van der Waals surface area contributed by atoms with Crippen LogP contribution < -0.4 is 10.1 Å². The van der Waals surface area contributed by atoms with Crippen LogP contribution in [0.4, 0.5) is 18.9 Å². The van der Waals surface area contributed by atoms with E-state index < -0.39 is 17.6 Å². The van der Waals surface area contributed by atoms with Crippen LogP contribution in [-0.4, -0.2) is 44.7 Å². The van der Waals surface area contributed by atoms with Gasteiger partial charge in [0.25, 0.3) is 5.91 Å². The number of rotatable bonds is 6. The van der Waals surface area contributed by atoms with Crippen molar-refractivity contribution in [2.24, 2.45) is 0 Å². The molecular formula is C21H23F3N2O3. The second-order valence-corrected chi connectivity index (χ2v) is 6.87. The van der Waals surface area contributed by atoms with Crippen molar-refractivity contribution in [3.8, 4) is 5.75 Å². The molecule has 1 amide bonds. The molecule has 29 heavy (non-hydrogen) atoms. The van der Waals surface area contributed by atoms with Crippen LogP contribution in [-0.2, 0) is 23.9 Å². The van der Waals surface area contributed by atoms with Gasteiger partial charge in [-0.1, -0.05) is 6.07 Å². The smallest absolute Gasteiger partial charge is 0.419 e. The third-order valence-corrected chi connectivity index (χ3v) is 4.93. The molecule has 1 aliphatic rings. The minimum atomic E-state index is -4.61. The van der Waals surface area contributed by atoms with Gasteiger partial charge in [0.2, 0.25) is 0 Å². The van der Waals surface area contributed by atoms with Crippen molar-refractivity contribution in [1.82, 2.24) is 4.90 Å². The summed E-state index contributed by atoms with van der Waals surface area (Å²) in [6, 6.07) is 8.87. The molecule has 0 spiro atoms. The number of carbonyl (C=O) groups excluding carboxylic acids is 1. The first kappa shape index (κ1) is 21.1. The molecule has 0 bridgehead atoms.